The molecule has 0 bridgehead atoms. The average Bonchev–Trinajstić information content (AvgIpc) is 2.43. The summed E-state index contributed by atoms with van der Waals surface area (Å²) in [6.07, 6.45) is 0. The zero-order valence-corrected chi connectivity index (χ0v) is 13.4. The summed E-state index contributed by atoms with van der Waals surface area (Å²) in [6, 6.07) is 9.65. The lowest BCUT2D eigenvalue weighted by atomic mass is 10.2. The predicted octanol–water partition coefficient (Wildman–Crippen LogP) is 3.59. The summed E-state index contributed by atoms with van der Waals surface area (Å²) in [4.78, 5) is -0.163. The van der Waals surface area contributed by atoms with E-state index in [1.165, 1.54) is 12.1 Å². The Morgan fingerprint density at radius 2 is 1.86 bits per heavy atom. The normalized spacial score (nSPS) is 11.4. The van der Waals surface area contributed by atoms with Gasteiger partial charge in [-0.25, -0.2) is 8.42 Å². The maximum absolute atomic E-state index is 12.5. The quantitative estimate of drug-likeness (QED) is 0.889. The average molecular weight is 346 g/mol. The molecule has 0 spiro atoms. The first-order valence-corrected chi connectivity index (χ1v) is 8.26. The first kappa shape index (κ1) is 16.1. The summed E-state index contributed by atoms with van der Waals surface area (Å²) in [6.45, 7) is 1.39. The van der Waals surface area contributed by atoms with E-state index in [0.29, 0.717) is 5.69 Å². The van der Waals surface area contributed by atoms with Gasteiger partial charge in [0.05, 0.1) is 17.3 Å². The van der Waals surface area contributed by atoms with Crippen molar-refractivity contribution in [3.8, 4) is 0 Å². The highest BCUT2D eigenvalue weighted by Crippen LogP contribution is 2.31. The second-order valence-corrected chi connectivity index (χ2v) is 6.92. The molecule has 2 aromatic rings. The number of para-hydroxylation sites is 1. The number of anilines is 1. The van der Waals surface area contributed by atoms with E-state index in [9.17, 15) is 13.5 Å². The smallest absolute Gasteiger partial charge is 0.263 e. The van der Waals surface area contributed by atoms with E-state index in [4.69, 9.17) is 23.2 Å². The summed E-state index contributed by atoms with van der Waals surface area (Å²) in [5, 5.41) is 9.36. The maximum atomic E-state index is 12.5. The SMILES string of the molecule is Cc1ccccc1NS(=O)(=O)c1cc(Cl)cc(CO)c1Cl. The zero-order chi connectivity index (χ0) is 15.6. The van der Waals surface area contributed by atoms with Crippen molar-refractivity contribution in [2.24, 2.45) is 0 Å². The van der Waals surface area contributed by atoms with E-state index in [2.05, 4.69) is 4.72 Å². The van der Waals surface area contributed by atoms with Crippen molar-refractivity contribution in [2.75, 3.05) is 4.72 Å². The van der Waals surface area contributed by atoms with Gasteiger partial charge in [-0.1, -0.05) is 41.4 Å². The Morgan fingerprint density at radius 3 is 2.48 bits per heavy atom. The number of aryl methyl sites for hydroxylation is 1. The van der Waals surface area contributed by atoms with E-state index >= 15 is 0 Å². The lowest BCUT2D eigenvalue weighted by Crippen LogP contribution is -2.15. The number of sulfonamides is 1. The first-order valence-electron chi connectivity index (χ1n) is 6.02. The molecule has 2 aromatic carbocycles. The van der Waals surface area contributed by atoms with Gasteiger partial charge in [-0.15, -0.1) is 0 Å². The van der Waals surface area contributed by atoms with E-state index in [1.54, 1.807) is 25.1 Å². The van der Waals surface area contributed by atoms with Crippen molar-refractivity contribution < 1.29 is 13.5 Å². The fourth-order valence-corrected chi connectivity index (χ4v) is 3.87. The van der Waals surface area contributed by atoms with Gasteiger partial charge < -0.3 is 5.11 Å². The summed E-state index contributed by atoms with van der Waals surface area (Å²) in [7, 11) is -3.90. The highest BCUT2D eigenvalue weighted by Gasteiger charge is 2.21. The predicted molar refractivity (Wildman–Crippen MR) is 84.4 cm³/mol. The number of aliphatic hydroxyl groups excluding tert-OH is 1. The molecule has 0 aliphatic rings. The monoisotopic (exact) mass is 345 g/mol. The number of hydrogen-bond donors (Lipinski definition) is 2. The van der Waals surface area contributed by atoms with Crippen LogP contribution in [0.15, 0.2) is 41.3 Å². The minimum absolute atomic E-state index is 0.0389. The maximum Gasteiger partial charge on any atom is 0.263 e. The molecule has 0 heterocycles. The molecule has 0 fully saturated rings. The van der Waals surface area contributed by atoms with Gasteiger partial charge in [-0.05, 0) is 36.2 Å². The van der Waals surface area contributed by atoms with Crippen LogP contribution in [0, 0.1) is 6.92 Å². The zero-order valence-electron chi connectivity index (χ0n) is 11.1. The third-order valence-corrected chi connectivity index (χ3v) is 5.09. The van der Waals surface area contributed by atoms with Crippen molar-refractivity contribution in [3.63, 3.8) is 0 Å². The molecule has 2 N–H and O–H groups in total. The standard InChI is InChI=1S/C14H13Cl2NO3S/c1-9-4-2-3-5-12(9)17-21(19,20)13-7-11(15)6-10(8-18)14(13)16/h2-7,17-18H,8H2,1H3. The van der Waals surface area contributed by atoms with Gasteiger partial charge in [-0.2, -0.15) is 0 Å². The van der Waals surface area contributed by atoms with Crippen LogP contribution < -0.4 is 4.72 Å². The number of aliphatic hydroxyl groups is 1. The van der Waals surface area contributed by atoms with Crippen molar-refractivity contribution in [1.82, 2.24) is 0 Å². The number of benzene rings is 2. The summed E-state index contributed by atoms with van der Waals surface area (Å²) in [5.41, 5.74) is 1.50. The van der Waals surface area contributed by atoms with E-state index in [-0.39, 0.29) is 20.5 Å². The van der Waals surface area contributed by atoms with Gasteiger partial charge in [0.25, 0.3) is 10.0 Å². The minimum atomic E-state index is -3.90. The fraction of sp³-hybridized carbons (Fsp3) is 0.143. The van der Waals surface area contributed by atoms with E-state index < -0.39 is 16.6 Å². The molecule has 7 heteroatoms. The number of nitrogens with one attached hydrogen (secondary N) is 1. The molecular weight excluding hydrogens is 333 g/mol. The molecule has 0 atom stereocenters. The fourth-order valence-electron chi connectivity index (χ4n) is 1.82. The van der Waals surface area contributed by atoms with Gasteiger partial charge in [0, 0.05) is 5.02 Å². The van der Waals surface area contributed by atoms with E-state index in [0.717, 1.165) is 5.56 Å². The Balaban J connectivity index is 2.50. The molecular formula is C14H13Cl2NO3S. The Kier molecular flexibility index (Phi) is 4.78. The molecule has 21 heavy (non-hydrogen) atoms. The van der Waals surface area contributed by atoms with Crippen LogP contribution in [-0.4, -0.2) is 13.5 Å². The van der Waals surface area contributed by atoms with Gasteiger partial charge in [0.15, 0.2) is 0 Å². The number of hydrogen-bond acceptors (Lipinski definition) is 3. The second-order valence-electron chi connectivity index (χ2n) is 4.46. The first-order chi connectivity index (χ1) is 9.85. The molecule has 4 nitrogen and oxygen atoms in total. The third-order valence-electron chi connectivity index (χ3n) is 2.93. The summed E-state index contributed by atoms with van der Waals surface area (Å²) < 4.78 is 27.4. The molecule has 2 rings (SSSR count). The largest absolute Gasteiger partial charge is 0.392 e. The van der Waals surface area contributed by atoms with Crippen LogP contribution in [0.2, 0.25) is 10.0 Å². The lowest BCUT2D eigenvalue weighted by Gasteiger charge is -2.13. The molecule has 0 amide bonds. The van der Waals surface area contributed by atoms with Crippen LogP contribution in [0.5, 0.6) is 0 Å². The van der Waals surface area contributed by atoms with Crippen LogP contribution in [0.4, 0.5) is 5.69 Å². The van der Waals surface area contributed by atoms with Crippen molar-refractivity contribution >= 4 is 38.9 Å². The minimum Gasteiger partial charge on any atom is -0.392 e. The Bertz CT molecular complexity index is 776. The van der Waals surface area contributed by atoms with E-state index in [1.807, 2.05) is 6.07 Å². The molecule has 0 radical (unpaired) electrons. The molecule has 0 saturated carbocycles. The second kappa shape index (κ2) is 6.23. The van der Waals surface area contributed by atoms with Gasteiger partial charge in [0.2, 0.25) is 0 Å². The lowest BCUT2D eigenvalue weighted by molar-refractivity contribution is 0.281. The molecule has 0 unspecified atom stereocenters. The van der Waals surface area contributed by atoms with Crippen molar-refractivity contribution in [3.05, 3.63) is 57.6 Å². The molecule has 112 valence electrons. The summed E-state index contributed by atoms with van der Waals surface area (Å²) >= 11 is 11.9. The van der Waals surface area contributed by atoms with Gasteiger partial charge in [-0.3, -0.25) is 4.72 Å². The van der Waals surface area contributed by atoms with Crippen molar-refractivity contribution in [1.29, 1.82) is 0 Å². The summed E-state index contributed by atoms with van der Waals surface area (Å²) in [5.74, 6) is 0. The van der Waals surface area contributed by atoms with Crippen LogP contribution in [0.25, 0.3) is 0 Å². The highest BCUT2D eigenvalue weighted by atomic mass is 35.5. The van der Waals surface area contributed by atoms with Crippen molar-refractivity contribution in [2.45, 2.75) is 18.4 Å². The Hall–Kier alpha value is -1.27. The molecule has 0 aromatic heterocycles. The van der Waals surface area contributed by atoms with Crippen LogP contribution in [-0.2, 0) is 16.6 Å². The van der Waals surface area contributed by atoms with Crippen LogP contribution in [0.1, 0.15) is 11.1 Å². The Morgan fingerprint density at radius 1 is 1.19 bits per heavy atom. The topological polar surface area (TPSA) is 66.4 Å². The number of halogens is 2. The molecule has 0 saturated heterocycles. The number of rotatable bonds is 4. The van der Waals surface area contributed by atoms with Gasteiger partial charge >= 0.3 is 0 Å². The van der Waals surface area contributed by atoms with Gasteiger partial charge in [0.1, 0.15) is 4.90 Å². The van der Waals surface area contributed by atoms with Crippen LogP contribution >= 0.6 is 23.2 Å². The molecule has 0 aliphatic heterocycles. The molecule has 0 aliphatic carbocycles. The van der Waals surface area contributed by atoms with Crippen LogP contribution in [0.3, 0.4) is 0 Å². The third kappa shape index (κ3) is 3.49. The Labute approximate surface area is 133 Å². The highest BCUT2D eigenvalue weighted by molar-refractivity contribution is 7.92.